The molecule has 1 N–H and O–H groups in total. The molecule has 124 valence electrons. The van der Waals surface area contributed by atoms with Crippen LogP contribution >= 0.6 is 12.2 Å². The summed E-state index contributed by atoms with van der Waals surface area (Å²) in [5.74, 6) is 0.650. The molecular weight excluding hydrogens is 308 g/mol. The van der Waals surface area contributed by atoms with Gasteiger partial charge in [0.05, 0.1) is 6.67 Å². The molecule has 1 unspecified atom stereocenters. The Morgan fingerprint density at radius 3 is 2.91 bits per heavy atom. The number of benzene rings is 1. The van der Waals surface area contributed by atoms with E-state index < -0.39 is 0 Å². The molecule has 6 heteroatoms. The van der Waals surface area contributed by atoms with Gasteiger partial charge in [-0.3, -0.25) is 4.90 Å². The monoisotopic (exact) mass is 332 g/mol. The Morgan fingerprint density at radius 2 is 2.17 bits per heavy atom. The maximum absolute atomic E-state index is 9.50. The van der Waals surface area contributed by atoms with Crippen molar-refractivity contribution < 1.29 is 5.11 Å². The summed E-state index contributed by atoms with van der Waals surface area (Å²) in [6.07, 6.45) is 3.23. The van der Waals surface area contributed by atoms with Crippen LogP contribution in [-0.2, 0) is 26.2 Å². The van der Waals surface area contributed by atoms with Crippen molar-refractivity contribution in [2.75, 3.05) is 7.05 Å². The Labute approximate surface area is 142 Å². The van der Waals surface area contributed by atoms with Gasteiger partial charge in [0.15, 0.2) is 10.6 Å². The van der Waals surface area contributed by atoms with Crippen LogP contribution in [0.2, 0.25) is 0 Å². The molecule has 1 heterocycles. The Morgan fingerprint density at radius 1 is 1.39 bits per heavy atom. The molecule has 0 amide bonds. The van der Waals surface area contributed by atoms with Gasteiger partial charge in [-0.2, -0.15) is 5.10 Å². The van der Waals surface area contributed by atoms with E-state index in [1.54, 1.807) is 0 Å². The van der Waals surface area contributed by atoms with Crippen LogP contribution in [0.4, 0.5) is 0 Å². The molecule has 0 fully saturated rings. The predicted octanol–water partition coefficient (Wildman–Crippen LogP) is 2.89. The zero-order valence-electron chi connectivity index (χ0n) is 13.8. The fraction of sp³-hybridized carbons (Fsp3) is 0.529. The molecule has 0 aliphatic heterocycles. The summed E-state index contributed by atoms with van der Waals surface area (Å²) in [4.78, 5) is 2.30. The van der Waals surface area contributed by atoms with Crippen LogP contribution in [0, 0.1) is 4.77 Å². The van der Waals surface area contributed by atoms with E-state index in [-0.39, 0.29) is 6.61 Å². The summed E-state index contributed by atoms with van der Waals surface area (Å²) in [5.41, 5.74) is 2.86. The van der Waals surface area contributed by atoms with Crippen molar-refractivity contribution in [1.82, 2.24) is 19.2 Å². The highest BCUT2D eigenvalue weighted by atomic mass is 32.1. The lowest BCUT2D eigenvalue weighted by Crippen LogP contribution is -2.26. The largest absolute Gasteiger partial charge is 0.388 e. The lowest BCUT2D eigenvalue weighted by atomic mass is 10.1. The van der Waals surface area contributed by atoms with Crippen LogP contribution in [0.15, 0.2) is 24.3 Å². The SMILES string of the molecule is CCCn1c(CO)nn(CN(C)C2CCc3ccccc32)c1=S. The van der Waals surface area contributed by atoms with Gasteiger partial charge >= 0.3 is 0 Å². The average molecular weight is 332 g/mol. The molecule has 0 radical (unpaired) electrons. The van der Waals surface area contributed by atoms with Crippen LogP contribution in [0.5, 0.6) is 0 Å². The molecule has 0 spiro atoms. The third-order valence-electron chi connectivity index (χ3n) is 4.58. The zero-order chi connectivity index (χ0) is 16.4. The number of nitrogens with zero attached hydrogens (tertiary/aromatic N) is 4. The first kappa shape index (κ1) is 16.4. The van der Waals surface area contributed by atoms with Gasteiger partial charge in [0.2, 0.25) is 0 Å². The van der Waals surface area contributed by atoms with E-state index in [0.29, 0.717) is 23.3 Å². The first-order chi connectivity index (χ1) is 11.2. The second-order valence-corrected chi connectivity index (χ2v) is 6.52. The van der Waals surface area contributed by atoms with E-state index in [2.05, 4.69) is 48.2 Å². The highest BCUT2D eigenvalue weighted by Crippen LogP contribution is 2.34. The Hall–Kier alpha value is -1.50. The summed E-state index contributed by atoms with van der Waals surface area (Å²) in [6.45, 7) is 3.46. The number of aromatic nitrogens is 3. The lowest BCUT2D eigenvalue weighted by molar-refractivity contribution is 0.180. The number of aliphatic hydroxyl groups excluding tert-OH is 1. The molecule has 0 bridgehead atoms. The molecule has 0 saturated heterocycles. The third kappa shape index (κ3) is 3.11. The second-order valence-electron chi connectivity index (χ2n) is 6.16. The molecule has 1 aliphatic rings. The molecule has 1 aliphatic carbocycles. The van der Waals surface area contributed by atoms with Gasteiger partial charge in [0.1, 0.15) is 6.61 Å². The van der Waals surface area contributed by atoms with E-state index >= 15 is 0 Å². The van der Waals surface area contributed by atoms with Crippen molar-refractivity contribution in [2.45, 2.75) is 52.0 Å². The maximum Gasteiger partial charge on any atom is 0.199 e. The summed E-state index contributed by atoms with van der Waals surface area (Å²) in [5, 5.41) is 14.0. The van der Waals surface area contributed by atoms with Crippen LogP contribution in [0.1, 0.15) is 42.8 Å². The van der Waals surface area contributed by atoms with E-state index in [4.69, 9.17) is 12.2 Å². The summed E-state index contributed by atoms with van der Waals surface area (Å²) >= 11 is 5.54. The molecule has 1 aromatic heterocycles. The van der Waals surface area contributed by atoms with Crippen molar-refractivity contribution in [1.29, 1.82) is 0 Å². The van der Waals surface area contributed by atoms with Gasteiger partial charge in [-0.05, 0) is 49.7 Å². The van der Waals surface area contributed by atoms with Crippen LogP contribution in [0.3, 0.4) is 0 Å². The third-order valence-corrected chi connectivity index (χ3v) is 5.01. The van der Waals surface area contributed by atoms with Gasteiger partial charge in [-0.15, -0.1) is 0 Å². The normalized spacial score (nSPS) is 17.0. The quantitative estimate of drug-likeness (QED) is 0.826. The Kier molecular flexibility index (Phi) is 4.94. The topological polar surface area (TPSA) is 46.2 Å². The summed E-state index contributed by atoms with van der Waals surface area (Å²) in [6, 6.07) is 9.06. The Bertz CT molecular complexity index is 736. The zero-order valence-corrected chi connectivity index (χ0v) is 14.6. The number of hydrogen-bond donors (Lipinski definition) is 1. The predicted molar refractivity (Wildman–Crippen MR) is 92.5 cm³/mol. The number of rotatable bonds is 6. The maximum atomic E-state index is 9.50. The number of hydrogen-bond acceptors (Lipinski definition) is 4. The first-order valence-electron chi connectivity index (χ1n) is 8.21. The summed E-state index contributed by atoms with van der Waals surface area (Å²) < 4.78 is 4.46. The molecular formula is C17H24N4OS. The fourth-order valence-corrected chi connectivity index (χ4v) is 3.74. The molecule has 23 heavy (non-hydrogen) atoms. The standard InChI is InChI=1S/C17H24N4OS/c1-3-10-20-16(11-22)18-21(17(20)23)12-19(2)15-9-8-13-6-4-5-7-14(13)15/h4-7,15,22H,3,8-12H2,1-2H3. The van der Waals surface area contributed by atoms with Gasteiger partial charge in [0, 0.05) is 12.6 Å². The van der Waals surface area contributed by atoms with E-state index in [9.17, 15) is 5.11 Å². The number of fused-ring (bicyclic) bond motifs is 1. The number of aliphatic hydroxyl groups is 1. The average Bonchev–Trinajstić information content (AvgIpc) is 3.11. The molecule has 5 nitrogen and oxygen atoms in total. The highest BCUT2D eigenvalue weighted by molar-refractivity contribution is 7.71. The summed E-state index contributed by atoms with van der Waals surface area (Å²) in [7, 11) is 2.12. The van der Waals surface area contributed by atoms with Crippen molar-refractivity contribution in [3.63, 3.8) is 0 Å². The molecule has 3 rings (SSSR count). The molecule has 0 saturated carbocycles. The minimum absolute atomic E-state index is 0.0768. The first-order valence-corrected chi connectivity index (χ1v) is 8.62. The van der Waals surface area contributed by atoms with E-state index in [1.165, 1.54) is 11.1 Å². The van der Waals surface area contributed by atoms with Crippen molar-refractivity contribution in [3.05, 3.63) is 46.0 Å². The van der Waals surface area contributed by atoms with Gasteiger partial charge in [0.25, 0.3) is 0 Å². The highest BCUT2D eigenvalue weighted by Gasteiger charge is 2.26. The molecule has 1 atom stereocenters. The smallest absolute Gasteiger partial charge is 0.199 e. The van der Waals surface area contributed by atoms with Gasteiger partial charge < -0.3 is 9.67 Å². The van der Waals surface area contributed by atoms with E-state index in [1.807, 2.05) is 9.25 Å². The van der Waals surface area contributed by atoms with Crippen LogP contribution in [0.25, 0.3) is 0 Å². The second kappa shape index (κ2) is 6.95. The van der Waals surface area contributed by atoms with E-state index in [0.717, 1.165) is 25.8 Å². The number of aryl methyl sites for hydroxylation is 1. The molecule has 2 aromatic rings. The minimum Gasteiger partial charge on any atom is -0.388 e. The van der Waals surface area contributed by atoms with Crippen LogP contribution in [-0.4, -0.2) is 31.4 Å². The molecule has 1 aromatic carbocycles. The van der Waals surface area contributed by atoms with Gasteiger partial charge in [-0.25, -0.2) is 4.68 Å². The van der Waals surface area contributed by atoms with Crippen LogP contribution < -0.4 is 0 Å². The Balaban J connectivity index is 1.81. The van der Waals surface area contributed by atoms with Crippen molar-refractivity contribution in [2.24, 2.45) is 0 Å². The minimum atomic E-state index is -0.0768. The fourth-order valence-electron chi connectivity index (χ4n) is 3.45. The van der Waals surface area contributed by atoms with Crippen molar-refractivity contribution in [3.8, 4) is 0 Å². The van der Waals surface area contributed by atoms with Gasteiger partial charge in [-0.1, -0.05) is 31.2 Å². The lowest BCUT2D eigenvalue weighted by Gasteiger charge is -2.24. The van der Waals surface area contributed by atoms with Crippen molar-refractivity contribution >= 4 is 12.2 Å².